The molecule has 0 bridgehead atoms. The zero-order chi connectivity index (χ0) is 42.1. The summed E-state index contributed by atoms with van der Waals surface area (Å²) in [6.45, 7) is 0. The van der Waals surface area contributed by atoms with E-state index in [0.29, 0.717) is 17.5 Å². The molecule has 10 aromatic carbocycles. The lowest BCUT2D eigenvalue weighted by atomic mass is 9.95. The van der Waals surface area contributed by atoms with Crippen LogP contribution in [0.3, 0.4) is 0 Å². The third kappa shape index (κ3) is 5.83. The Morgan fingerprint density at radius 2 is 0.766 bits per heavy atom. The molecule has 0 amide bonds. The van der Waals surface area contributed by atoms with Crippen LogP contribution in [0.15, 0.2) is 221 Å². The van der Waals surface area contributed by atoms with E-state index in [1.165, 1.54) is 21.9 Å². The molecule has 64 heavy (non-hydrogen) atoms. The van der Waals surface area contributed by atoms with Crippen molar-refractivity contribution in [2.45, 2.75) is 0 Å². The lowest BCUT2D eigenvalue weighted by Gasteiger charge is -2.11. The first-order valence-corrected chi connectivity index (χ1v) is 21.5. The molecule has 5 heteroatoms. The summed E-state index contributed by atoms with van der Waals surface area (Å²) in [6, 6.07) is 73.9. The Bertz CT molecular complexity index is 3940. The van der Waals surface area contributed by atoms with E-state index in [1.807, 2.05) is 36.4 Å². The van der Waals surface area contributed by atoms with Gasteiger partial charge < -0.3 is 8.83 Å². The molecule has 5 nitrogen and oxygen atoms in total. The molecule has 0 saturated carbocycles. The quantitative estimate of drug-likeness (QED) is 0.167. The van der Waals surface area contributed by atoms with Gasteiger partial charge in [-0.05, 0) is 67.6 Å². The summed E-state index contributed by atoms with van der Waals surface area (Å²) in [7, 11) is 0. The van der Waals surface area contributed by atoms with Gasteiger partial charge in [-0.1, -0.05) is 194 Å². The Kier molecular flexibility index (Phi) is 8.15. The van der Waals surface area contributed by atoms with Crippen LogP contribution in [0.5, 0.6) is 0 Å². The molecule has 0 unspecified atom stereocenters. The van der Waals surface area contributed by atoms with Gasteiger partial charge in [0.25, 0.3) is 0 Å². The van der Waals surface area contributed by atoms with Crippen LogP contribution in [0.25, 0.3) is 133 Å². The van der Waals surface area contributed by atoms with Crippen molar-refractivity contribution in [2.75, 3.05) is 0 Å². The maximum Gasteiger partial charge on any atom is 0.167 e. The summed E-state index contributed by atoms with van der Waals surface area (Å²) in [6.07, 6.45) is 0. The van der Waals surface area contributed by atoms with Gasteiger partial charge in [0.1, 0.15) is 22.3 Å². The van der Waals surface area contributed by atoms with Crippen molar-refractivity contribution in [3.05, 3.63) is 212 Å². The number of para-hydroxylation sites is 3. The smallest absolute Gasteiger partial charge is 0.167 e. The minimum Gasteiger partial charge on any atom is -0.455 e. The van der Waals surface area contributed by atoms with Crippen LogP contribution in [0.4, 0.5) is 0 Å². The molecule has 0 spiro atoms. The minimum absolute atomic E-state index is 0.528. The van der Waals surface area contributed by atoms with Crippen LogP contribution in [-0.2, 0) is 0 Å². The van der Waals surface area contributed by atoms with Gasteiger partial charge in [-0.2, -0.15) is 0 Å². The Morgan fingerprint density at radius 1 is 0.266 bits per heavy atom. The number of fused-ring (bicyclic) bond motifs is 9. The normalized spacial score (nSPS) is 11.8. The molecule has 0 radical (unpaired) electrons. The summed E-state index contributed by atoms with van der Waals surface area (Å²) >= 11 is 0. The SMILES string of the molecule is c1ccc(-c2ccc(-c3nc(-c4cc5oc6c(-c7ccc(-c8cccc9ccccc89)cc7)cccc6c5c5ccccc45)nc(-c4cccc5c4oc4ccccc45)n3)cc2)cc1. The fourth-order valence-corrected chi connectivity index (χ4v) is 9.49. The van der Waals surface area contributed by atoms with Crippen LogP contribution >= 0.6 is 0 Å². The minimum atomic E-state index is 0.528. The third-order valence-electron chi connectivity index (χ3n) is 12.6. The van der Waals surface area contributed by atoms with Gasteiger partial charge >= 0.3 is 0 Å². The van der Waals surface area contributed by atoms with Gasteiger partial charge in [0.2, 0.25) is 0 Å². The van der Waals surface area contributed by atoms with Crippen molar-refractivity contribution in [3.8, 4) is 67.5 Å². The summed E-state index contributed by atoms with van der Waals surface area (Å²) in [5, 5.41) is 8.73. The molecule has 0 aliphatic carbocycles. The highest BCUT2D eigenvalue weighted by atomic mass is 16.3. The van der Waals surface area contributed by atoms with Crippen LogP contribution in [0, 0.1) is 0 Å². The van der Waals surface area contributed by atoms with Crippen LogP contribution < -0.4 is 0 Å². The Balaban J connectivity index is 0.990. The van der Waals surface area contributed by atoms with Crippen molar-refractivity contribution in [2.24, 2.45) is 0 Å². The molecule has 3 aromatic heterocycles. The lowest BCUT2D eigenvalue weighted by Crippen LogP contribution is -2.01. The van der Waals surface area contributed by atoms with Crippen molar-refractivity contribution < 1.29 is 8.83 Å². The Labute approximate surface area is 367 Å². The first-order chi connectivity index (χ1) is 31.7. The van der Waals surface area contributed by atoms with Crippen LogP contribution in [0.2, 0.25) is 0 Å². The molecule has 13 aromatic rings. The van der Waals surface area contributed by atoms with Gasteiger partial charge in [-0.3, -0.25) is 0 Å². The van der Waals surface area contributed by atoms with Gasteiger partial charge in [-0.15, -0.1) is 0 Å². The number of furan rings is 2. The highest BCUT2D eigenvalue weighted by molar-refractivity contribution is 6.23. The fourth-order valence-electron chi connectivity index (χ4n) is 9.49. The number of rotatable bonds is 6. The van der Waals surface area contributed by atoms with E-state index >= 15 is 0 Å². The van der Waals surface area contributed by atoms with Crippen LogP contribution in [-0.4, -0.2) is 15.0 Å². The molecule has 3 heterocycles. The van der Waals surface area contributed by atoms with Gasteiger partial charge in [0.15, 0.2) is 17.5 Å². The first kappa shape index (κ1) is 36.0. The maximum absolute atomic E-state index is 6.97. The number of benzene rings is 10. The molecular weight excluding hydrogens is 783 g/mol. The standard InChI is InChI=1S/C59H35N3O2/c1-2-13-36(14-3-1)37-27-33-41(34-28-37)57-60-58(50-25-12-23-48-46-19-8-9-26-52(46)63-56(48)50)62-59(61-57)51-35-53-54(47-20-7-6-18-45(47)51)49-24-11-22-44(55(49)64-53)40-31-29-39(30-32-40)43-21-10-16-38-15-4-5-17-42(38)43/h1-35H. The van der Waals surface area contributed by atoms with E-state index in [1.54, 1.807) is 0 Å². The van der Waals surface area contributed by atoms with E-state index in [9.17, 15) is 0 Å². The second-order valence-electron chi connectivity index (χ2n) is 16.3. The highest BCUT2D eigenvalue weighted by Crippen LogP contribution is 2.44. The lowest BCUT2D eigenvalue weighted by molar-refractivity contribution is 0.669. The summed E-state index contributed by atoms with van der Waals surface area (Å²) in [5.74, 6) is 1.64. The summed E-state index contributed by atoms with van der Waals surface area (Å²) in [4.78, 5) is 15.7. The molecular formula is C59H35N3O2. The third-order valence-corrected chi connectivity index (χ3v) is 12.6. The maximum atomic E-state index is 6.97. The van der Waals surface area contributed by atoms with E-state index in [2.05, 4.69) is 176 Å². The van der Waals surface area contributed by atoms with E-state index in [-0.39, 0.29) is 0 Å². The average Bonchev–Trinajstić information content (AvgIpc) is 3.95. The molecule has 0 saturated heterocycles. The zero-order valence-electron chi connectivity index (χ0n) is 34.4. The second-order valence-corrected chi connectivity index (χ2v) is 16.3. The highest BCUT2D eigenvalue weighted by Gasteiger charge is 2.22. The number of hydrogen-bond acceptors (Lipinski definition) is 5. The molecule has 13 rings (SSSR count). The molecule has 298 valence electrons. The Morgan fingerprint density at radius 3 is 1.58 bits per heavy atom. The van der Waals surface area contributed by atoms with E-state index < -0.39 is 0 Å². The summed E-state index contributed by atoms with van der Waals surface area (Å²) in [5.41, 5.74) is 12.5. The van der Waals surface area contributed by atoms with Gasteiger partial charge in [-0.25, -0.2) is 15.0 Å². The number of hydrogen-bond donors (Lipinski definition) is 0. The fraction of sp³-hybridized carbons (Fsp3) is 0. The number of aromatic nitrogens is 3. The summed E-state index contributed by atoms with van der Waals surface area (Å²) < 4.78 is 13.5. The second kappa shape index (κ2) is 14.5. The molecule has 0 N–H and O–H groups in total. The van der Waals surface area contributed by atoms with Crippen molar-refractivity contribution in [3.63, 3.8) is 0 Å². The van der Waals surface area contributed by atoms with Gasteiger partial charge in [0.05, 0.1) is 5.56 Å². The molecule has 0 aliphatic rings. The predicted octanol–water partition coefficient (Wildman–Crippen LogP) is 16.0. The zero-order valence-corrected chi connectivity index (χ0v) is 34.4. The number of nitrogens with zero attached hydrogens (tertiary/aromatic N) is 3. The molecule has 0 fully saturated rings. The predicted molar refractivity (Wildman–Crippen MR) is 262 cm³/mol. The van der Waals surface area contributed by atoms with E-state index in [4.69, 9.17) is 23.8 Å². The first-order valence-electron chi connectivity index (χ1n) is 21.5. The Hall–Kier alpha value is -8.67. The molecule has 0 aliphatic heterocycles. The van der Waals surface area contributed by atoms with Crippen LogP contribution in [0.1, 0.15) is 0 Å². The largest absolute Gasteiger partial charge is 0.455 e. The van der Waals surface area contributed by atoms with Crippen molar-refractivity contribution >= 4 is 65.4 Å². The van der Waals surface area contributed by atoms with Crippen molar-refractivity contribution in [1.82, 2.24) is 15.0 Å². The van der Waals surface area contributed by atoms with Gasteiger partial charge in [0, 0.05) is 38.2 Å². The molecule has 0 atom stereocenters. The van der Waals surface area contributed by atoms with E-state index in [0.717, 1.165) is 93.6 Å². The average molecular weight is 818 g/mol. The monoisotopic (exact) mass is 817 g/mol. The van der Waals surface area contributed by atoms with Crippen molar-refractivity contribution in [1.29, 1.82) is 0 Å². The topological polar surface area (TPSA) is 65.0 Å².